The second kappa shape index (κ2) is 9.61. The minimum absolute atomic E-state index is 0. The van der Waals surface area contributed by atoms with E-state index in [1.54, 1.807) is 11.2 Å². The van der Waals surface area contributed by atoms with Crippen molar-refractivity contribution in [2.75, 3.05) is 26.2 Å². The van der Waals surface area contributed by atoms with Gasteiger partial charge in [0.15, 0.2) is 0 Å². The van der Waals surface area contributed by atoms with E-state index in [0.717, 1.165) is 12.8 Å². The van der Waals surface area contributed by atoms with Gasteiger partial charge in [-0.3, -0.25) is 4.90 Å². The summed E-state index contributed by atoms with van der Waals surface area (Å²) in [7, 11) is -3.56. The summed E-state index contributed by atoms with van der Waals surface area (Å²) < 4.78 is 41.5. The smallest absolute Gasteiger partial charge is 0.243 e. The van der Waals surface area contributed by atoms with Crippen LogP contribution in [0.3, 0.4) is 0 Å². The topological polar surface area (TPSA) is 40.6 Å². The first-order valence-electron chi connectivity index (χ1n) is 9.97. The number of rotatable bonds is 3. The molecule has 0 aromatic heterocycles. The lowest BCUT2D eigenvalue weighted by Crippen LogP contribution is -2.59. The summed E-state index contributed by atoms with van der Waals surface area (Å²) in [6.07, 6.45) is 7.31. The molecule has 1 aliphatic carbocycles. The van der Waals surface area contributed by atoms with Crippen molar-refractivity contribution in [3.05, 3.63) is 29.6 Å². The maximum Gasteiger partial charge on any atom is 0.243 e. The van der Waals surface area contributed by atoms with Gasteiger partial charge in [0.25, 0.3) is 0 Å². The number of hydrogen-bond donors (Lipinski definition) is 0. The zero-order valence-electron chi connectivity index (χ0n) is 16.3. The highest BCUT2D eigenvalue weighted by Gasteiger charge is 2.45. The lowest BCUT2D eigenvalue weighted by Gasteiger charge is -2.52. The molecule has 160 valence electrons. The normalized spacial score (nSPS) is 28.9. The van der Waals surface area contributed by atoms with Crippen LogP contribution in [0.15, 0.2) is 23.1 Å². The van der Waals surface area contributed by atoms with Crippen molar-refractivity contribution in [2.24, 2.45) is 11.8 Å². The van der Waals surface area contributed by atoms with Gasteiger partial charge in [0, 0.05) is 19.1 Å². The Kier molecular flexibility index (Phi) is 8.19. The van der Waals surface area contributed by atoms with Gasteiger partial charge in [0.1, 0.15) is 5.82 Å². The first-order valence-corrected chi connectivity index (χ1v) is 11.4. The molecule has 2 saturated heterocycles. The summed E-state index contributed by atoms with van der Waals surface area (Å²) >= 11 is 0. The molecule has 8 heteroatoms. The van der Waals surface area contributed by atoms with E-state index in [1.807, 2.05) is 0 Å². The van der Waals surface area contributed by atoms with Crippen molar-refractivity contribution < 1.29 is 12.8 Å². The Morgan fingerprint density at radius 3 is 2.14 bits per heavy atom. The minimum Gasteiger partial charge on any atom is -0.300 e. The van der Waals surface area contributed by atoms with Crippen LogP contribution in [0.2, 0.25) is 0 Å². The van der Waals surface area contributed by atoms with Crippen molar-refractivity contribution in [1.29, 1.82) is 0 Å². The molecule has 1 aromatic carbocycles. The predicted octanol–water partition coefficient (Wildman–Crippen LogP) is 4.25. The van der Waals surface area contributed by atoms with Gasteiger partial charge in [0.2, 0.25) is 10.0 Å². The van der Waals surface area contributed by atoms with E-state index < -0.39 is 10.0 Å². The van der Waals surface area contributed by atoms with E-state index in [4.69, 9.17) is 0 Å². The van der Waals surface area contributed by atoms with Gasteiger partial charge < -0.3 is 0 Å². The highest BCUT2D eigenvalue weighted by Crippen LogP contribution is 2.40. The molecule has 2 atom stereocenters. The highest BCUT2D eigenvalue weighted by atomic mass is 35.5. The molecule has 1 saturated carbocycles. The number of sulfonamides is 1. The summed E-state index contributed by atoms with van der Waals surface area (Å²) in [6, 6.07) is 4.53. The zero-order valence-corrected chi connectivity index (χ0v) is 18.8. The van der Waals surface area contributed by atoms with E-state index in [1.165, 1.54) is 57.0 Å². The van der Waals surface area contributed by atoms with Crippen molar-refractivity contribution in [3.8, 4) is 0 Å². The molecule has 2 bridgehead atoms. The minimum atomic E-state index is -3.56. The summed E-state index contributed by atoms with van der Waals surface area (Å²) in [6.45, 7) is 5.23. The van der Waals surface area contributed by atoms with E-state index in [0.29, 0.717) is 36.5 Å². The van der Waals surface area contributed by atoms with Crippen molar-refractivity contribution >= 4 is 34.8 Å². The highest BCUT2D eigenvalue weighted by molar-refractivity contribution is 7.89. The second-order valence-corrected chi connectivity index (χ2v) is 10.2. The number of nitrogens with zero attached hydrogens (tertiary/aromatic N) is 2. The SMILES string of the molecule is Cc1cc(F)ccc1S(=O)(=O)N1CC2CCCC(C1)C2N1CCCCC1.Cl.Cl. The number of hydrogen-bond acceptors (Lipinski definition) is 3. The molecule has 0 N–H and O–H groups in total. The molecule has 2 aliphatic heterocycles. The maximum atomic E-state index is 13.4. The van der Waals surface area contributed by atoms with Gasteiger partial charge >= 0.3 is 0 Å². The van der Waals surface area contributed by atoms with Gasteiger partial charge in [-0.1, -0.05) is 12.8 Å². The Labute approximate surface area is 180 Å². The number of likely N-dealkylation sites (tertiary alicyclic amines) is 1. The van der Waals surface area contributed by atoms with Crippen LogP contribution < -0.4 is 0 Å². The molecule has 28 heavy (non-hydrogen) atoms. The van der Waals surface area contributed by atoms with E-state index in [2.05, 4.69) is 4.90 Å². The summed E-state index contributed by atoms with van der Waals surface area (Å²) in [5.74, 6) is 0.467. The lowest BCUT2D eigenvalue weighted by atomic mass is 9.73. The Morgan fingerprint density at radius 2 is 1.57 bits per heavy atom. The van der Waals surface area contributed by atoms with Gasteiger partial charge in [-0.15, -0.1) is 24.8 Å². The standard InChI is InChI=1S/C20H29FN2O2S.2ClH/c1-15-12-18(21)8-9-19(15)26(24,25)23-13-16-6-5-7-17(14-23)20(16)22-10-3-2-4-11-22;;/h8-9,12,16-17,20H,2-7,10-11,13-14H2,1H3;2*1H. The van der Waals surface area contributed by atoms with Gasteiger partial charge in [-0.25, -0.2) is 12.8 Å². The summed E-state index contributed by atoms with van der Waals surface area (Å²) in [5, 5.41) is 0. The molecule has 0 radical (unpaired) electrons. The van der Waals surface area contributed by atoms with Crippen LogP contribution >= 0.6 is 24.8 Å². The maximum absolute atomic E-state index is 13.4. The van der Waals surface area contributed by atoms with Gasteiger partial charge in [-0.05, 0) is 81.3 Å². The number of fused-ring (bicyclic) bond motifs is 2. The average Bonchev–Trinajstić information content (AvgIpc) is 2.61. The monoisotopic (exact) mass is 452 g/mol. The first-order chi connectivity index (χ1) is 12.5. The van der Waals surface area contributed by atoms with Crippen LogP contribution in [-0.2, 0) is 10.0 Å². The molecular weight excluding hydrogens is 422 g/mol. The number of benzene rings is 1. The number of aryl methyl sites for hydroxylation is 1. The molecule has 0 spiro atoms. The van der Waals surface area contributed by atoms with Crippen molar-refractivity contribution in [3.63, 3.8) is 0 Å². The van der Waals surface area contributed by atoms with Crippen LogP contribution in [0.5, 0.6) is 0 Å². The van der Waals surface area contributed by atoms with Gasteiger partial charge in [0.05, 0.1) is 4.90 Å². The predicted molar refractivity (Wildman–Crippen MR) is 114 cm³/mol. The first kappa shape index (κ1) is 23.9. The molecule has 0 amide bonds. The Morgan fingerprint density at radius 1 is 0.964 bits per heavy atom. The van der Waals surface area contributed by atoms with E-state index in [-0.39, 0.29) is 35.5 Å². The second-order valence-electron chi connectivity index (χ2n) is 8.27. The third kappa shape index (κ3) is 4.51. The summed E-state index contributed by atoms with van der Waals surface area (Å²) in [4.78, 5) is 2.90. The quantitative estimate of drug-likeness (QED) is 0.687. The molecular formula is C20H31Cl2FN2O2S. The fourth-order valence-electron chi connectivity index (χ4n) is 5.42. The molecule has 2 unspecified atom stereocenters. The Balaban J connectivity index is 0.00000140. The van der Waals surface area contributed by atoms with Crippen molar-refractivity contribution in [1.82, 2.24) is 9.21 Å². The van der Waals surface area contributed by atoms with Crippen molar-refractivity contribution in [2.45, 2.75) is 56.4 Å². The van der Waals surface area contributed by atoms with Crippen LogP contribution in [0.1, 0.15) is 44.1 Å². The largest absolute Gasteiger partial charge is 0.300 e. The van der Waals surface area contributed by atoms with Crippen LogP contribution in [0.4, 0.5) is 4.39 Å². The third-order valence-corrected chi connectivity index (χ3v) is 8.55. The van der Waals surface area contributed by atoms with Crippen LogP contribution in [0, 0.1) is 24.6 Å². The molecule has 4 nitrogen and oxygen atoms in total. The van der Waals surface area contributed by atoms with Crippen LogP contribution in [-0.4, -0.2) is 49.8 Å². The Bertz CT molecular complexity index is 757. The van der Waals surface area contributed by atoms with E-state index in [9.17, 15) is 12.8 Å². The number of halogens is 3. The van der Waals surface area contributed by atoms with Crippen LogP contribution in [0.25, 0.3) is 0 Å². The Hall–Kier alpha value is -0.400. The molecule has 3 fully saturated rings. The van der Waals surface area contributed by atoms with Gasteiger partial charge in [-0.2, -0.15) is 4.31 Å². The molecule has 3 aliphatic rings. The molecule has 4 rings (SSSR count). The fraction of sp³-hybridized carbons (Fsp3) is 0.700. The average molecular weight is 453 g/mol. The number of piperidine rings is 2. The fourth-order valence-corrected chi connectivity index (χ4v) is 7.17. The molecule has 1 aromatic rings. The molecule has 2 heterocycles. The third-order valence-electron chi connectivity index (χ3n) is 6.56. The summed E-state index contributed by atoms with van der Waals surface area (Å²) in [5.41, 5.74) is 0.494. The zero-order chi connectivity index (χ0) is 18.3. The van der Waals surface area contributed by atoms with E-state index >= 15 is 0 Å². The lowest BCUT2D eigenvalue weighted by molar-refractivity contribution is -0.00312.